The van der Waals surface area contributed by atoms with Crippen molar-refractivity contribution in [3.63, 3.8) is 0 Å². The van der Waals surface area contributed by atoms with Crippen LogP contribution in [-0.4, -0.2) is 30.0 Å². The second kappa shape index (κ2) is 7.03. The predicted octanol–water partition coefficient (Wildman–Crippen LogP) is 3.33. The number of pyridine rings is 1. The minimum atomic E-state index is -3.31. The number of fused-ring (bicyclic) bond motifs is 1. The first kappa shape index (κ1) is 17.1. The van der Waals surface area contributed by atoms with Gasteiger partial charge in [-0.1, -0.05) is 31.2 Å². The largest absolute Gasteiger partial charge is 0.264 e. The van der Waals surface area contributed by atoms with Crippen LogP contribution < -0.4 is 0 Å². The van der Waals surface area contributed by atoms with Gasteiger partial charge < -0.3 is 0 Å². The Kier molecular flexibility index (Phi) is 5.01. The Morgan fingerprint density at radius 3 is 2.58 bits per heavy atom. The summed E-state index contributed by atoms with van der Waals surface area (Å²) >= 11 is 0. The van der Waals surface area contributed by atoms with Crippen LogP contribution in [0.4, 0.5) is 0 Å². The summed E-state index contributed by atoms with van der Waals surface area (Å²) in [5.41, 5.74) is 4.69. The molecule has 1 heterocycles. The van der Waals surface area contributed by atoms with Gasteiger partial charge in [0.25, 0.3) is 0 Å². The molecule has 0 saturated heterocycles. The normalized spacial score (nSPS) is 15.5. The molecule has 24 heavy (non-hydrogen) atoms. The highest BCUT2D eigenvalue weighted by molar-refractivity contribution is 7.89. The average Bonchev–Trinajstić information content (AvgIpc) is 3.07. The zero-order valence-electron chi connectivity index (χ0n) is 14.3. The molecule has 0 aliphatic heterocycles. The first-order valence-electron chi connectivity index (χ1n) is 8.58. The molecule has 1 aliphatic carbocycles. The van der Waals surface area contributed by atoms with Crippen LogP contribution in [0.5, 0.6) is 0 Å². The molecule has 1 aliphatic rings. The van der Waals surface area contributed by atoms with Gasteiger partial charge in [0, 0.05) is 18.9 Å². The molecule has 0 spiro atoms. The van der Waals surface area contributed by atoms with Crippen molar-refractivity contribution < 1.29 is 8.42 Å². The van der Waals surface area contributed by atoms with Crippen molar-refractivity contribution in [1.82, 2.24) is 9.29 Å². The van der Waals surface area contributed by atoms with E-state index in [2.05, 4.69) is 23.2 Å². The van der Waals surface area contributed by atoms with Gasteiger partial charge in [-0.2, -0.15) is 4.31 Å². The summed E-state index contributed by atoms with van der Waals surface area (Å²) in [4.78, 5) is 4.21. The standard InChI is InChI=1S/C19H24N2O2S/c1-3-21(24(22,23)4-2)19(18-9-6-12-20-14-18)17-11-10-15-7-5-8-16(15)13-17/h6,9-14,19H,3-5,7-8H2,1-2H3. The van der Waals surface area contributed by atoms with Gasteiger partial charge in [0.05, 0.1) is 11.8 Å². The molecule has 0 saturated carbocycles. The number of benzene rings is 1. The molecule has 2 aromatic rings. The quantitative estimate of drug-likeness (QED) is 0.808. The zero-order chi connectivity index (χ0) is 17.2. The highest BCUT2D eigenvalue weighted by atomic mass is 32.2. The highest BCUT2D eigenvalue weighted by Gasteiger charge is 2.30. The first-order valence-corrected chi connectivity index (χ1v) is 10.2. The maximum atomic E-state index is 12.7. The summed E-state index contributed by atoms with van der Waals surface area (Å²) in [5, 5.41) is 0. The first-order chi connectivity index (χ1) is 11.6. The molecule has 1 aromatic heterocycles. The Hall–Kier alpha value is -1.72. The van der Waals surface area contributed by atoms with Gasteiger partial charge in [-0.3, -0.25) is 4.98 Å². The van der Waals surface area contributed by atoms with Crippen molar-refractivity contribution >= 4 is 10.0 Å². The molecule has 1 atom stereocenters. The van der Waals surface area contributed by atoms with Crippen LogP contribution in [0.1, 0.15) is 48.6 Å². The molecule has 4 nitrogen and oxygen atoms in total. The van der Waals surface area contributed by atoms with Gasteiger partial charge in [0.15, 0.2) is 0 Å². The van der Waals surface area contributed by atoms with E-state index in [4.69, 9.17) is 0 Å². The molecule has 5 heteroatoms. The molecule has 0 bridgehead atoms. The van der Waals surface area contributed by atoms with Gasteiger partial charge in [-0.25, -0.2) is 8.42 Å². The van der Waals surface area contributed by atoms with Crippen LogP contribution >= 0.6 is 0 Å². The molecule has 0 fully saturated rings. The summed E-state index contributed by atoms with van der Waals surface area (Å²) < 4.78 is 26.9. The molecule has 128 valence electrons. The summed E-state index contributed by atoms with van der Waals surface area (Å²) in [6, 6.07) is 9.93. The van der Waals surface area contributed by atoms with E-state index in [9.17, 15) is 8.42 Å². The SMILES string of the molecule is CCN(C(c1cccnc1)c1ccc2c(c1)CCC2)S(=O)(=O)CC. The Bertz CT molecular complexity index is 803. The minimum Gasteiger partial charge on any atom is -0.264 e. The fourth-order valence-corrected chi connectivity index (χ4v) is 4.82. The van der Waals surface area contributed by atoms with Crippen molar-refractivity contribution in [2.45, 2.75) is 39.2 Å². The smallest absolute Gasteiger partial charge is 0.214 e. The second-order valence-corrected chi connectivity index (χ2v) is 8.38. The molecular formula is C19H24N2O2S. The van der Waals surface area contributed by atoms with Gasteiger partial charge in [0.2, 0.25) is 10.0 Å². The van der Waals surface area contributed by atoms with Gasteiger partial charge in [0.1, 0.15) is 0 Å². The molecule has 0 amide bonds. The maximum absolute atomic E-state index is 12.7. The Morgan fingerprint density at radius 2 is 1.92 bits per heavy atom. The average molecular weight is 344 g/mol. The molecular weight excluding hydrogens is 320 g/mol. The third kappa shape index (κ3) is 3.23. The van der Waals surface area contributed by atoms with E-state index in [1.54, 1.807) is 23.6 Å². The minimum absolute atomic E-state index is 0.0997. The van der Waals surface area contributed by atoms with Crippen molar-refractivity contribution in [1.29, 1.82) is 0 Å². The predicted molar refractivity (Wildman–Crippen MR) is 96.4 cm³/mol. The Labute approximate surface area is 144 Å². The van der Waals surface area contributed by atoms with Crippen LogP contribution in [0.3, 0.4) is 0 Å². The lowest BCUT2D eigenvalue weighted by molar-refractivity contribution is 0.375. The summed E-state index contributed by atoms with van der Waals surface area (Å²) in [6.45, 7) is 4.03. The van der Waals surface area contributed by atoms with Gasteiger partial charge in [-0.15, -0.1) is 0 Å². The van der Waals surface area contributed by atoms with E-state index < -0.39 is 10.0 Å². The van der Waals surface area contributed by atoms with E-state index in [1.165, 1.54) is 17.5 Å². The number of hydrogen-bond donors (Lipinski definition) is 0. The van der Waals surface area contributed by atoms with E-state index in [0.717, 1.165) is 24.0 Å². The second-order valence-electron chi connectivity index (χ2n) is 6.17. The van der Waals surface area contributed by atoms with E-state index in [0.29, 0.717) is 6.54 Å². The van der Waals surface area contributed by atoms with Gasteiger partial charge >= 0.3 is 0 Å². The van der Waals surface area contributed by atoms with Crippen LogP contribution in [0.2, 0.25) is 0 Å². The molecule has 0 radical (unpaired) electrons. The number of hydrogen-bond acceptors (Lipinski definition) is 3. The number of rotatable bonds is 6. The highest BCUT2D eigenvalue weighted by Crippen LogP contribution is 2.33. The topological polar surface area (TPSA) is 50.3 Å². The summed E-state index contributed by atoms with van der Waals surface area (Å²) in [5.74, 6) is 0.0997. The number of nitrogens with zero attached hydrogens (tertiary/aromatic N) is 2. The molecule has 0 N–H and O–H groups in total. The van der Waals surface area contributed by atoms with Crippen molar-refractivity contribution in [2.24, 2.45) is 0 Å². The Morgan fingerprint density at radius 1 is 1.12 bits per heavy atom. The van der Waals surface area contributed by atoms with Crippen LogP contribution in [0, 0.1) is 0 Å². The lowest BCUT2D eigenvalue weighted by Gasteiger charge is -2.30. The maximum Gasteiger partial charge on any atom is 0.214 e. The third-order valence-corrected chi connectivity index (χ3v) is 6.67. The summed E-state index contributed by atoms with van der Waals surface area (Å²) in [6.07, 6.45) is 6.87. The van der Waals surface area contributed by atoms with Gasteiger partial charge in [-0.05, 0) is 54.5 Å². The fourth-order valence-electron chi connectivity index (χ4n) is 3.53. The van der Waals surface area contributed by atoms with Crippen LogP contribution in [0.25, 0.3) is 0 Å². The molecule has 3 rings (SSSR count). The number of aryl methyl sites for hydroxylation is 2. The van der Waals surface area contributed by atoms with E-state index >= 15 is 0 Å². The lowest BCUT2D eigenvalue weighted by atomic mass is 9.96. The van der Waals surface area contributed by atoms with Crippen molar-refractivity contribution in [2.75, 3.05) is 12.3 Å². The number of sulfonamides is 1. The van der Waals surface area contributed by atoms with E-state index in [-0.39, 0.29) is 11.8 Å². The lowest BCUT2D eigenvalue weighted by Crippen LogP contribution is -2.36. The monoisotopic (exact) mass is 344 g/mol. The zero-order valence-corrected chi connectivity index (χ0v) is 15.1. The van der Waals surface area contributed by atoms with Crippen LogP contribution in [-0.2, 0) is 22.9 Å². The Balaban J connectivity index is 2.12. The van der Waals surface area contributed by atoms with Crippen LogP contribution in [0.15, 0.2) is 42.7 Å². The third-order valence-electron chi connectivity index (χ3n) is 4.76. The van der Waals surface area contributed by atoms with Crippen molar-refractivity contribution in [3.8, 4) is 0 Å². The van der Waals surface area contributed by atoms with Crippen molar-refractivity contribution in [3.05, 3.63) is 65.0 Å². The fraction of sp³-hybridized carbons (Fsp3) is 0.421. The molecule has 1 aromatic carbocycles. The summed E-state index contributed by atoms with van der Waals surface area (Å²) in [7, 11) is -3.31. The number of aromatic nitrogens is 1. The molecule has 1 unspecified atom stereocenters. The van der Waals surface area contributed by atoms with E-state index in [1.807, 2.05) is 19.1 Å².